The van der Waals surface area contributed by atoms with Crippen molar-refractivity contribution >= 4 is 45.1 Å². The van der Waals surface area contributed by atoms with Crippen LogP contribution in [0.1, 0.15) is 0 Å². The molecule has 2 aromatic rings. The van der Waals surface area contributed by atoms with Crippen molar-refractivity contribution in [2.75, 3.05) is 18.5 Å². The highest BCUT2D eigenvalue weighted by Crippen LogP contribution is 2.51. The molecule has 0 aliphatic carbocycles. The molecule has 2 heterocycles. The van der Waals surface area contributed by atoms with Crippen molar-refractivity contribution in [3.63, 3.8) is 0 Å². The minimum Gasteiger partial charge on any atom is -0.388 e. The molecule has 0 amide bonds. The summed E-state index contributed by atoms with van der Waals surface area (Å²) in [6.07, 6.45) is -0.435. The lowest BCUT2D eigenvalue weighted by Gasteiger charge is -2.21. The Labute approximate surface area is 146 Å². The van der Waals surface area contributed by atoms with Gasteiger partial charge in [-0.25, -0.2) is 0 Å². The Hall–Kier alpha value is -0.660. The van der Waals surface area contributed by atoms with E-state index in [-0.39, 0.29) is 6.04 Å². The van der Waals surface area contributed by atoms with Crippen molar-refractivity contribution in [2.45, 2.75) is 31.7 Å². The van der Waals surface area contributed by atoms with Crippen LogP contribution in [0.15, 0.2) is 60.5 Å². The van der Waals surface area contributed by atoms with Gasteiger partial charge in [0.15, 0.2) is 0 Å². The zero-order valence-electron chi connectivity index (χ0n) is 11.6. The van der Waals surface area contributed by atoms with Gasteiger partial charge in [0.2, 0.25) is 0 Å². The van der Waals surface area contributed by atoms with E-state index in [4.69, 9.17) is 4.74 Å². The summed E-state index contributed by atoms with van der Waals surface area (Å²) < 4.78 is 6.43. The first-order chi connectivity index (χ1) is 10.7. The Morgan fingerprint density at radius 3 is 2.82 bits per heavy atom. The lowest BCUT2D eigenvalue weighted by molar-refractivity contribution is 0.125. The summed E-state index contributed by atoms with van der Waals surface area (Å²) in [4.78, 5) is 5.06. The molecular formula is C16H14BrNO2S2. The number of ether oxygens (including phenoxy) is 1. The van der Waals surface area contributed by atoms with E-state index in [0.29, 0.717) is 13.2 Å². The van der Waals surface area contributed by atoms with Crippen molar-refractivity contribution in [3.05, 3.63) is 40.9 Å². The predicted molar refractivity (Wildman–Crippen MR) is 93.1 cm³/mol. The van der Waals surface area contributed by atoms with Crippen LogP contribution in [0.4, 0.5) is 5.69 Å². The predicted octanol–water partition coefficient (Wildman–Crippen LogP) is 4.24. The molecule has 0 radical (unpaired) electrons. The van der Waals surface area contributed by atoms with Crippen LogP contribution in [0.5, 0.6) is 0 Å². The average molecular weight is 396 g/mol. The summed E-state index contributed by atoms with van der Waals surface area (Å²) in [5, 5.41) is 13.2. The first-order valence-corrected chi connectivity index (χ1v) is 9.44. The average Bonchev–Trinajstić information content (AvgIpc) is 2.91. The van der Waals surface area contributed by atoms with E-state index in [2.05, 4.69) is 57.6 Å². The smallest absolute Gasteiger partial charge is 0.0996 e. The van der Waals surface area contributed by atoms with Crippen LogP contribution in [-0.4, -0.2) is 30.5 Å². The van der Waals surface area contributed by atoms with Crippen molar-refractivity contribution in [3.8, 4) is 0 Å². The van der Waals surface area contributed by atoms with Crippen LogP contribution in [0.3, 0.4) is 0 Å². The van der Waals surface area contributed by atoms with Crippen LogP contribution >= 0.6 is 39.5 Å². The third kappa shape index (κ3) is 2.78. The van der Waals surface area contributed by atoms with Crippen molar-refractivity contribution in [1.82, 2.24) is 0 Å². The molecule has 2 aliphatic rings. The zero-order chi connectivity index (χ0) is 15.1. The molecule has 0 saturated carbocycles. The highest BCUT2D eigenvalue weighted by molar-refractivity contribution is 9.10. The Bertz CT molecular complexity index is 725. The molecule has 114 valence electrons. The van der Waals surface area contributed by atoms with E-state index in [1.165, 1.54) is 19.6 Å². The van der Waals surface area contributed by atoms with Gasteiger partial charge in [0, 0.05) is 29.7 Å². The molecule has 22 heavy (non-hydrogen) atoms. The minimum atomic E-state index is -0.435. The van der Waals surface area contributed by atoms with Crippen LogP contribution < -0.4 is 5.32 Å². The molecule has 0 bridgehead atoms. The van der Waals surface area contributed by atoms with Gasteiger partial charge in [0.05, 0.1) is 25.4 Å². The number of hydrogen-bond acceptors (Lipinski definition) is 5. The molecule has 4 rings (SSSR count). The van der Waals surface area contributed by atoms with Crippen LogP contribution in [0, 0.1) is 0 Å². The van der Waals surface area contributed by atoms with E-state index in [1.807, 2.05) is 0 Å². The maximum Gasteiger partial charge on any atom is 0.0996 e. The van der Waals surface area contributed by atoms with Gasteiger partial charge in [-0.3, -0.25) is 0 Å². The van der Waals surface area contributed by atoms with Gasteiger partial charge in [-0.2, -0.15) is 0 Å². The number of anilines is 1. The van der Waals surface area contributed by atoms with Gasteiger partial charge in [0.25, 0.3) is 0 Å². The maximum absolute atomic E-state index is 9.85. The molecule has 1 saturated heterocycles. The van der Waals surface area contributed by atoms with E-state index in [1.54, 1.807) is 23.5 Å². The first kappa shape index (κ1) is 14.9. The monoisotopic (exact) mass is 395 g/mol. The number of rotatable bonds is 2. The molecular weight excluding hydrogens is 382 g/mol. The number of nitrogens with one attached hydrogen (secondary N) is 1. The lowest BCUT2D eigenvalue weighted by atomic mass is 10.2. The SMILES string of the molecule is OC1COCC1Nc1ccc2c(c1)Sc1cccc(Br)c1S2. The Morgan fingerprint density at radius 1 is 1.09 bits per heavy atom. The number of aliphatic hydroxyl groups excluding tert-OH is 1. The van der Waals surface area contributed by atoms with E-state index in [9.17, 15) is 5.11 Å². The first-order valence-electron chi connectivity index (χ1n) is 7.01. The Balaban J connectivity index is 1.60. The number of halogens is 1. The molecule has 2 aliphatic heterocycles. The van der Waals surface area contributed by atoms with Gasteiger partial charge >= 0.3 is 0 Å². The second kappa shape index (κ2) is 6.09. The molecule has 3 nitrogen and oxygen atoms in total. The summed E-state index contributed by atoms with van der Waals surface area (Å²) in [6, 6.07) is 12.6. The minimum absolute atomic E-state index is 0.0271. The van der Waals surface area contributed by atoms with Crippen LogP contribution in [0.25, 0.3) is 0 Å². The molecule has 6 heteroatoms. The molecule has 1 fully saturated rings. The van der Waals surface area contributed by atoms with Gasteiger partial charge < -0.3 is 15.2 Å². The van der Waals surface area contributed by atoms with E-state index < -0.39 is 6.10 Å². The highest BCUT2D eigenvalue weighted by Gasteiger charge is 2.26. The number of benzene rings is 2. The van der Waals surface area contributed by atoms with Crippen molar-refractivity contribution in [2.24, 2.45) is 0 Å². The number of hydrogen-bond donors (Lipinski definition) is 2. The summed E-state index contributed by atoms with van der Waals surface area (Å²) >= 11 is 7.20. The molecule has 2 atom stereocenters. The zero-order valence-corrected chi connectivity index (χ0v) is 14.8. The van der Waals surface area contributed by atoms with Gasteiger partial charge in [-0.05, 0) is 46.3 Å². The fourth-order valence-electron chi connectivity index (χ4n) is 2.55. The van der Waals surface area contributed by atoms with Crippen LogP contribution in [0.2, 0.25) is 0 Å². The third-order valence-electron chi connectivity index (χ3n) is 3.71. The maximum atomic E-state index is 9.85. The summed E-state index contributed by atoms with van der Waals surface area (Å²) in [7, 11) is 0. The highest BCUT2D eigenvalue weighted by atomic mass is 79.9. The second-order valence-corrected chi connectivity index (χ2v) is 8.28. The van der Waals surface area contributed by atoms with Crippen molar-refractivity contribution < 1.29 is 9.84 Å². The second-order valence-electron chi connectivity index (χ2n) is 5.29. The molecule has 2 aromatic carbocycles. The van der Waals surface area contributed by atoms with Gasteiger partial charge in [0.1, 0.15) is 0 Å². The molecule has 0 spiro atoms. The quantitative estimate of drug-likeness (QED) is 0.679. The third-order valence-corrected chi connectivity index (χ3v) is 7.23. The number of fused-ring (bicyclic) bond motifs is 2. The lowest BCUT2D eigenvalue weighted by Crippen LogP contribution is -2.31. The summed E-state index contributed by atoms with van der Waals surface area (Å²) in [6.45, 7) is 0.963. The van der Waals surface area contributed by atoms with E-state index >= 15 is 0 Å². The normalized spacial score (nSPS) is 23.0. The van der Waals surface area contributed by atoms with Crippen LogP contribution in [-0.2, 0) is 4.74 Å². The standard InChI is InChI=1S/C16H14BrNO2S2/c17-10-2-1-3-14-16(10)22-13-5-4-9(6-15(13)21-14)18-11-7-20-8-12(11)19/h1-6,11-12,18-19H,7-8H2. The van der Waals surface area contributed by atoms with Gasteiger partial charge in [-0.15, -0.1) is 0 Å². The number of aliphatic hydroxyl groups is 1. The van der Waals surface area contributed by atoms with Crippen molar-refractivity contribution in [1.29, 1.82) is 0 Å². The fourth-order valence-corrected chi connectivity index (χ4v) is 5.58. The molecule has 2 unspecified atom stereocenters. The fraction of sp³-hybridized carbons (Fsp3) is 0.250. The topological polar surface area (TPSA) is 41.5 Å². The Morgan fingerprint density at radius 2 is 2.00 bits per heavy atom. The summed E-state index contributed by atoms with van der Waals surface area (Å²) in [5.41, 5.74) is 1.03. The van der Waals surface area contributed by atoms with E-state index in [0.717, 1.165) is 10.2 Å². The Kier molecular flexibility index (Phi) is 4.13. The summed E-state index contributed by atoms with van der Waals surface area (Å²) in [5.74, 6) is 0. The molecule has 2 N–H and O–H groups in total. The van der Waals surface area contributed by atoms with Gasteiger partial charge in [-0.1, -0.05) is 29.6 Å². The molecule has 0 aromatic heterocycles. The largest absolute Gasteiger partial charge is 0.388 e.